The molecule has 0 fully saturated rings. The van der Waals surface area contributed by atoms with Gasteiger partial charge in [-0.15, -0.1) is 0 Å². The molecule has 1 amide bonds. The van der Waals surface area contributed by atoms with Crippen molar-refractivity contribution >= 4 is 46.4 Å². The van der Waals surface area contributed by atoms with E-state index in [1.54, 1.807) is 35.0 Å². The smallest absolute Gasteiger partial charge is 0.276 e. The number of nitrogens with zero attached hydrogens (tertiary/aromatic N) is 3. The monoisotopic (exact) mass is 598 g/mol. The van der Waals surface area contributed by atoms with Crippen LogP contribution in [-0.2, 0) is 7.05 Å². The minimum atomic E-state index is -0.314. The van der Waals surface area contributed by atoms with Crippen molar-refractivity contribution in [3.63, 3.8) is 0 Å². The molecule has 32 heavy (non-hydrogen) atoms. The lowest BCUT2D eigenvalue weighted by atomic mass is 10.1. The van der Waals surface area contributed by atoms with Gasteiger partial charge < -0.3 is 29.3 Å². The molecular formula is C23H18Cl3IN4O. The van der Waals surface area contributed by atoms with Gasteiger partial charge in [-0.1, -0.05) is 46.9 Å². The van der Waals surface area contributed by atoms with Crippen LogP contribution in [0.2, 0.25) is 15.1 Å². The average Bonchev–Trinajstić information content (AvgIpc) is 3.07. The molecule has 2 aromatic carbocycles. The van der Waals surface area contributed by atoms with Gasteiger partial charge in [-0.2, -0.15) is 5.10 Å². The number of halogens is 4. The molecule has 0 aliphatic rings. The fraction of sp³-hybridized carbons (Fsp3) is 0.0870. The largest absolute Gasteiger partial charge is 1.00 e. The first-order valence-electron chi connectivity index (χ1n) is 9.41. The maximum Gasteiger partial charge on any atom is 0.276 e. The Hall–Kier alpha value is -2.13. The zero-order valence-corrected chi connectivity index (χ0v) is 21.5. The summed E-state index contributed by atoms with van der Waals surface area (Å²) in [6, 6.07) is 16.1. The van der Waals surface area contributed by atoms with Crippen LogP contribution in [0.15, 0.2) is 67.0 Å². The van der Waals surface area contributed by atoms with Gasteiger partial charge >= 0.3 is 0 Å². The summed E-state index contributed by atoms with van der Waals surface area (Å²) in [6.07, 6.45) is 3.71. The lowest BCUT2D eigenvalue weighted by Crippen LogP contribution is -3.00. The predicted molar refractivity (Wildman–Crippen MR) is 124 cm³/mol. The number of amides is 1. The standard InChI is InChI=1S/C23H17Cl3N4O.HI/c1-14-21(23(31)27-18-9-11-29(2)12-10-18)28-30(20-8-7-17(25)13-19(20)26)22(14)15-3-5-16(24)6-4-15;/h3-13H,1-2H3;1H. The summed E-state index contributed by atoms with van der Waals surface area (Å²) in [5.41, 5.74) is 3.90. The number of aromatic nitrogens is 3. The third-order valence-electron chi connectivity index (χ3n) is 4.83. The van der Waals surface area contributed by atoms with E-state index in [9.17, 15) is 4.79 Å². The maximum atomic E-state index is 13.1. The number of hydrogen-bond donors (Lipinski definition) is 1. The van der Waals surface area contributed by atoms with E-state index in [0.29, 0.717) is 37.7 Å². The van der Waals surface area contributed by atoms with Gasteiger partial charge in [0, 0.05) is 33.3 Å². The molecule has 9 heteroatoms. The van der Waals surface area contributed by atoms with Crippen LogP contribution in [0.5, 0.6) is 0 Å². The van der Waals surface area contributed by atoms with Crippen molar-refractivity contribution in [1.82, 2.24) is 9.78 Å². The summed E-state index contributed by atoms with van der Waals surface area (Å²) in [5.74, 6) is -0.314. The van der Waals surface area contributed by atoms with Crippen LogP contribution < -0.4 is 33.9 Å². The quantitative estimate of drug-likeness (QED) is 0.290. The molecule has 4 rings (SSSR count). The van der Waals surface area contributed by atoms with E-state index in [0.717, 1.165) is 11.3 Å². The molecular weight excluding hydrogens is 582 g/mol. The SMILES string of the molecule is Cc1c(C(=O)Nc2cc[n+](C)cc2)nn(-c2ccc(Cl)cc2Cl)c1-c1ccc(Cl)cc1.[I-]. The molecule has 0 radical (unpaired) electrons. The Bertz CT molecular complexity index is 1270. The maximum absolute atomic E-state index is 13.1. The van der Waals surface area contributed by atoms with Crippen molar-refractivity contribution < 1.29 is 33.3 Å². The van der Waals surface area contributed by atoms with Crippen LogP contribution in [0, 0.1) is 6.92 Å². The zero-order valence-electron chi connectivity index (χ0n) is 17.1. The molecule has 2 aromatic heterocycles. The van der Waals surface area contributed by atoms with E-state index >= 15 is 0 Å². The Morgan fingerprint density at radius 3 is 2.22 bits per heavy atom. The third kappa shape index (κ3) is 5.09. The number of anilines is 1. The number of benzene rings is 2. The van der Waals surface area contributed by atoms with Gasteiger partial charge in [0.05, 0.1) is 22.1 Å². The minimum Gasteiger partial charge on any atom is -1.00 e. The number of hydrogen-bond acceptors (Lipinski definition) is 2. The molecule has 5 nitrogen and oxygen atoms in total. The normalized spacial score (nSPS) is 10.5. The van der Waals surface area contributed by atoms with Gasteiger partial charge in [0.2, 0.25) is 0 Å². The lowest BCUT2D eigenvalue weighted by Gasteiger charge is -2.11. The Morgan fingerprint density at radius 2 is 1.59 bits per heavy atom. The first kappa shape index (κ1) is 24.5. The summed E-state index contributed by atoms with van der Waals surface area (Å²) in [4.78, 5) is 13.1. The summed E-state index contributed by atoms with van der Waals surface area (Å²) in [7, 11) is 1.91. The summed E-state index contributed by atoms with van der Waals surface area (Å²) in [5, 5.41) is 9.08. The van der Waals surface area contributed by atoms with E-state index in [4.69, 9.17) is 34.8 Å². The van der Waals surface area contributed by atoms with Crippen molar-refractivity contribution in [3.05, 3.63) is 93.3 Å². The number of rotatable bonds is 4. The van der Waals surface area contributed by atoms with Gasteiger partial charge in [0.15, 0.2) is 18.1 Å². The molecule has 0 bridgehead atoms. The Labute approximate surface area is 217 Å². The molecule has 0 unspecified atom stereocenters. The topological polar surface area (TPSA) is 50.8 Å². The molecule has 0 saturated heterocycles. The fourth-order valence-electron chi connectivity index (χ4n) is 3.26. The van der Waals surface area contributed by atoms with Crippen LogP contribution in [0.4, 0.5) is 5.69 Å². The Morgan fingerprint density at radius 1 is 0.969 bits per heavy atom. The van der Waals surface area contributed by atoms with E-state index in [-0.39, 0.29) is 29.9 Å². The van der Waals surface area contributed by atoms with Gasteiger partial charge in [0.25, 0.3) is 5.91 Å². The van der Waals surface area contributed by atoms with Crippen LogP contribution in [0.25, 0.3) is 16.9 Å². The van der Waals surface area contributed by atoms with Crippen LogP contribution in [-0.4, -0.2) is 15.7 Å². The highest BCUT2D eigenvalue weighted by molar-refractivity contribution is 6.35. The van der Waals surface area contributed by atoms with Crippen molar-refractivity contribution in [3.8, 4) is 16.9 Å². The highest BCUT2D eigenvalue weighted by atomic mass is 127. The second kappa shape index (κ2) is 10.2. The third-order valence-corrected chi connectivity index (χ3v) is 5.62. The Kier molecular flexibility index (Phi) is 7.82. The molecule has 0 spiro atoms. The summed E-state index contributed by atoms with van der Waals surface area (Å²) in [6.45, 7) is 1.86. The fourth-order valence-corrected chi connectivity index (χ4v) is 3.87. The van der Waals surface area contributed by atoms with Gasteiger partial charge in [-0.25, -0.2) is 9.25 Å². The average molecular weight is 600 g/mol. The number of nitrogens with one attached hydrogen (secondary N) is 1. The van der Waals surface area contributed by atoms with Crippen LogP contribution in [0.3, 0.4) is 0 Å². The first-order chi connectivity index (χ1) is 14.8. The van der Waals surface area contributed by atoms with Crippen molar-refractivity contribution in [2.24, 2.45) is 7.05 Å². The molecule has 0 atom stereocenters. The molecule has 2 heterocycles. The zero-order chi connectivity index (χ0) is 22.1. The second-order valence-electron chi connectivity index (χ2n) is 7.04. The predicted octanol–water partition coefficient (Wildman–Crippen LogP) is 2.89. The molecule has 1 N–H and O–H groups in total. The number of carbonyl (C=O) groups is 1. The molecule has 4 aromatic rings. The lowest BCUT2D eigenvalue weighted by molar-refractivity contribution is -0.671. The number of aryl methyl sites for hydroxylation is 1. The highest BCUT2D eigenvalue weighted by Crippen LogP contribution is 2.33. The first-order valence-corrected chi connectivity index (χ1v) is 10.5. The molecule has 164 valence electrons. The Balaban J connectivity index is 0.00000289. The summed E-state index contributed by atoms with van der Waals surface area (Å²) < 4.78 is 3.55. The second-order valence-corrected chi connectivity index (χ2v) is 8.32. The van der Waals surface area contributed by atoms with E-state index in [2.05, 4.69) is 10.4 Å². The molecule has 0 aliphatic heterocycles. The van der Waals surface area contributed by atoms with Gasteiger partial charge in [-0.3, -0.25) is 4.79 Å². The minimum absolute atomic E-state index is 0. The number of carbonyl (C=O) groups excluding carboxylic acids is 1. The summed E-state index contributed by atoms with van der Waals surface area (Å²) >= 11 is 18.6. The van der Waals surface area contributed by atoms with Crippen LogP contribution >= 0.6 is 34.8 Å². The molecule has 0 saturated carbocycles. The van der Waals surface area contributed by atoms with Crippen molar-refractivity contribution in [2.45, 2.75) is 6.92 Å². The highest BCUT2D eigenvalue weighted by Gasteiger charge is 2.23. The van der Waals surface area contributed by atoms with Gasteiger partial charge in [-0.05, 0) is 37.3 Å². The van der Waals surface area contributed by atoms with Crippen molar-refractivity contribution in [1.29, 1.82) is 0 Å². The van der Waals surface area contributed by atoms with E-state index < -0.39 is 0 Å². The van der Waals surface area contributed by atoms with Crippen LogP contribution in [0.1, 0.15) is 16.1 Å². The van der Waals surface area contributed by atoms with E-state index in [1.165, 1.54) is 0 Å². The number of pyridine rings is 1. The van der Waals surface area contributed by atoms with Gasteiger partial charge in [0.1, 0.15) is 7.05 Å². The molecule has 0 aliphatic carbocycles. The van der Waals surface area contributed by atoms with E-state index in [1.807, 2.05) is 55.2 Å². The van der Waals surface area contributed by atoms with Crippen molar-refractivity contribution in [2.75, 3.05) is 5.32 Å².